The van der Waals surface area contributed by atoms with Gasteiger partial charge in [-0.05, 0) is 36.8 Å². The Morgan fingerprint density at radius 1 is 1.20 bits per heavy atom. The monoisotopic (exact) mass is 295 g/mol. The van der Waals surface area contributed by atoms with Crippen molar-refractivity contribution < 1.29 is 17.9 Å². The number of sulfonamides is 1. The molecule has 6 heteroatoms. The standard InChI is InChI=1S/C14H14FNO3S/c1-10-13(15)6-3-7-14(10)16-20(18,19)12-5-2-4-11(8-12)9-17/h2-8,16-17H,9H2,1H3. The summed E-state index contributed by atoms with van der Waals surface area (Å²) in [5.74, 6) is -0.477. The van der Waals surface area contributed by atoms with Gasteiger partial charge in [-0.1, -0.05) is 18.2 Å². The van der Waals surface area contributed by atoms with Crippen LogP contribution in [0.3, 0.4) is 0 Å². The van der Waals surface area contributed by atoms with Crippen molar-refractivity contribution in [1.82, 2.24) is 0 Å². The third-order valence-electron chi connectivity index (χ3n) is 2.90. The Morgan fingerprint density at radius 2 is 1.90 bits per heavy atom. The van der Waals surface area contributed by atoms with Crippen LogP contribution in [-0.4, -0.2) is 13.5 Å². The quantitative estimate of drug-likeness (QED) is 0.910. The van der Waals surface area contributed by atoms with E-state index in [1.165, 1.54) is 37.3 Å². The van der Waals surface area contributed by atoms with Crippen molar-refractivity contribution in [3.63, 3.8) is 0 Å². The van der Waals surface area contributed by atoms with Gasteiger partial charge in [-0.25, -0.2) is 12.8 Å². The molecular weight excluding hydrogens is 281 g/mol. The first kappa shape index (κ1) is 14.5. The maximum Gasteiger partial charge on any atom is 0.261 e. The summed E-state index contributed by atoms with van der Waals surface area (Å²) in [7, 11) is -3.81. The molecule has 0 radical (unpaired) electrons. The average Bonchev–Trinajstić information content (AvgIpc) is 2.44. The van der Waals surface area contributed by atoms with E-state index in [0.29, 0.717) is 5.56 Å². The highest BCUT2D eigenvalue weighted by Crippen LogP contribution is 2.22. The molecule has 2 rings (SSSR count). The van der Waals surface area contributed by atoms with Crippen LogP contribution in [0.4, 0.5) is 10.1 Å². The lowest BCUT2D eigenvalue weighted by molar-refractivity contribution is 0.281. The summed E-state index contributed by atoms with van der Waals surface area (Å²) in [6.07, 6.45) is 0. The molecule has 2 N–H and O–H groups in total. The van der Waals surface area contributed by atoms with Crippen molar-refractivity contribution >= 4 is 15.7 Å². The lowest BCUT2D eigenvalue weighted by Gasteiger charge is -2.11. The Balaban J connectivity index is 2.38. The molecule has 0 fully saturated rings. The summed E-state index contributed by atoms with van der Waals surface area (Å²) < 4.78 is 40.2. The first-order valence-corrected chi connectivity index (χ1v) is 7.40. The van der Waals surface area contributed by atoms with Crippen LogP contribution in [0.2, 0.25) is 0 Å². The van der Waals surface area contributed by atoms with E-state index in [-0.39, 0.29) is 22.8 Å². The lowest BCUT2D eigenvalue weighted by Crippen LogP contribution is -2.14. The van der Waals surface area contributed by atoms with Gasteiger partial charge >= 0.3 is 0 Å². The lowest BCUT2D eigenvalue weighted by atomic mass is 10.2. The van der Waals surface area contributed by atoms with Crippen molar-refractivity contribution in [3.8, 4) is 0 Å². The molecule has 106 valence electrons. The first-order chi connectivity index (χ1) is 9.44. The zero-order chi connectivity index (χ0) is 14.8. The molecule has 2 aromatic rings. The largest absolute Gasteiger partial charge is 0.392 e. The van der Waals surface area contributed by atoms with Gasteiger partial charge in [0.05, 0.1) is 17.2 Å². The van der Waals surface area contributed by atoms with Crippen LogP contribution in [0.15, 0.2) is 47.4 Å². The van der Waals surface area contributed by atoms with Gasteiger partial charge in [-0.3, -0.25) is 4.72 Å². The number of aliphatic hydroxyl groups is 1. The molecule has 0 spiro atoms. The maximum atomic E-state index is 13.4. The highest BCUT2D eigenvalue weighted by atomic mass is 32.2. The number of hydrogen-bond donors (Lipinski definition) is 2. The second-order valence-electron chi connectivity index (χ2n) is 4.32. The minimum Gasteiger partial charge on any atom is -0.392 e. The third-order valence-corrected chi connectivity index (χ3v) is 4.27. The summed E-state index contributed by atoms with van der Waals surface area (Å²) in [4.78, 5) is 0.0210. The molecule has 2 aromatic carbocycles. The molecule has 0 saturated heterocycles. The fourth-order valence-corrected chi connectivity index (χ4v) is 2.93. The molecule has 0 atom stereocenters. The van der Waals surface area contributed by atoms with Gasteiger partial charge in [0.25, 0.3) is 10.0 Å². The molecule has 0 amide bonds. The van der Waals surface area contributed by atoms with E-state index < -0.39 is 15.8 Å². The molecule has 4 nitrogen and oxygen atoms in total. The minimum absolute atomic E-state index is 0.0210. The van der Waals surface area contributed by atoms with Gasteiger partial charge in [0.1, 0.15) is 5.82 Å². The number of anilines is 1. The molecule has 0 aliphatic rings. The SMILES string of the molecule is Cc1c(F)cccc1NS(=O)(=O)c1cccc(CO)c1. The van der Waals surface area contributed by atoms with Crippen molar-refractivity contribution in [3.05, 3.63) is 59.4 Å². The van der Waals surface area contributed by atoms with Crippen LogP contribution in [0.5, 0.6) is 0 Å². The Morgan fingerprint density at radius 3 is 2.60 bits per heavy atom. The summed E-state index contributed by atoms with van der Waals surface area (Å²) in [5.41, 5.74) is 0.914. The average molecular weight is 295 g/mol. The number of rotatable bonds is 4. The van der Waals surface area contributed by atoms with Crippen LogP contribution >= 0.6 is 0 Å². The number of benzene rings is 2. The van der Waals surface area contributed by atoms with E-state index in [1.807, 2.05) is 0 Å². The molecular formula is C14H14FNO3S. The van der Waals surface area contributed by atoms with Crippen LogP contribution < -0.4 is 4.72 Å². The zero-order valence-corrected chi connectivity index (χ0v) is 11.6. The van der Waals surface area contributed by atoms with Crippen molar-refractivity contribution in [2.24, 2.45) is 0 Å². The van der Waals surface area contributed by atoms with Crippen molar-refractivity contribution in [2.75, 3.05) is 4.72 Å². The molecule has 0 heterocycles. The van der Waals surface area contributed by atoms with Crippen molar-refractivity contribution in [1.29, 1.82) is 0 Å². The first-order valence-electron chi connectivity index (χ1n) is 5.92. The summed E-state index contributed by atoms with van der Waals surface area (Å²) in [5, 5.41) is 9.03. The summed E-state index contributed by atoms with van der Waals surface area (Å²) in [6, 6.07) is 10.1. The molecule has 20 heavy (non-hydrogen) atoms. The van der Waals surface area contributed by atoms with E-state index in [4.69, 9.17) is 5.11 Å². The predicted molar refractivity (Wildman–Crippen MR) is 74.3 cm³/mol. The Kier molecular flexibility index (Phi) is 4.06. The van der Waals surface area contributed by atoms with Crippen LogP contribution in [-0.2, 0) is 16.6 Å². The number of hydrogen-bond acceptors (Lipinski definition) is 3. The predicted octanol–water partition coefficient (Wildman–Crippen LogP) is 2.43. The smallest absolute Gasteiger partial charge is 0.261 e. The van der Waals surface area contributed by atoms with Gasteiger partial charge in [0, 0.05) is 5.56 Å². The minimum atomic E-state index is -3.81. The fourth-order valence-electron chi connectivity index (χ4n) is 1.73. The fraction of sp³-hybridized carbons (Fsp3) is 0.143. The molecule has 0 aliphatic carbocycles. The zero-order valence-electron chi connectivity index (χ0n) is 10.8. The summed E-state index contributed by atoms with van der Waals surface area (Å²) in [6.45, 7) is 1.25. The van der Waals surface area contributed by atoms with Crippen molar-refractivity contribution in [2.45, 2.75) is 18.4 Å². The van der Waals surface area contributed by atoms with E-state index in [1.54, 1.807) is 12.1 Å². The van der Waals surface area contributed by atoms with E-state index >= 15 is 0 Å². The Hall–Kier alpha value is -1.92. The second-order valence-corrected chi connectivity index (χ2v) is 6.01. The van der Waals surface area contributed by atoms with Crippen LogP contribution in [0.25, 0.3) is 0 Å². The van der Waals surface area contributed by atoms with Gasteiger partial charge in [0.2, 0.25) is 0 Å². The van der Waals surface area contributed by atoms with Crippen LogP contribution in [0, 0.1) is 12.7 Å². The maximum absolute atomic E-state index is 13.4. The highest BCUT2D eigenvalue weighted by molar-refractivity contribution is 7.92. The molecule has 0 bridgehead atoms. The summed E-state index contributed by atoms with van der Waals surface area (Å²) >= 11 is 0. The highest BCUT2D eigenvalue weighted by Gasteiger charge is 2.16. The Labute approximate surface area is 116 Å². The van der Waals surface area contributed by atoms with E-state index in [9.17, 15) is 12.8 Å². The molecule has 0 saturated carbocycles. The van der Waals surface area contributed by atoms with Gasteiger partial charge < -0.3 is 5.11 Å². The third kappa shape index (κ3) is 2.97. The Bertz CT molecular complexity index is 729. The van der Waals surface area contributed by atoms with Gasteiger partial charge in [-0.2, -0.15) is 0 Å². The van der Waals surface area contributed by atoms with Gasteiger partial charge in [0.15, 0.2) is 0 Å². The number of halogens is 1. The van der Waals surface area contributed by atoms with E-state index in [0.717, 1.165) is 0 Å². The van der Waals surface area contributed by atoms with Crippen LogP contribution in [0.1, 0.15) is 11.1 Å². The molecule has 0 aromatic heterocycles. The number of nitrogens with one attached hydrogen (secondary N) is 1. The molecule has 0 unspecified atom stereocenters. The number of aliphatic hydroxyl groups excluding tert-OH is 1. The van der Waals surface area contributed by atoms with Gasteiger partial charge in [-0.15, -0.1) is 0 Å². The normalized spacial score (nSPS) is 11.3. The second kappa shape index (κ2) is 5.60. The van der Waals surface area contributed by atoms with E-state index in [2.05, 4.69) is 4.72 Å². The molecule has 0 aliphatic heterocycles. The topological polar surface area (TPSA) is 66.4 Å².